The molecule has 0 radical (unpaired) electrons. The van der Waals surface area contributed by atoms with Crippen LogP contribution in [0.2, 0.25) is 10.2 Å². The molecule has 1 aromatic carbocycles. The highest BCUT2D eigenvalue weighted by atomic mass is 79.9. The zero-order chi connectivity index (χ0) is 15.7. The average molecular weight is 392 g/mol. The Kier molecular flexibility index (Phi) is 4.61. The zero-order valence-corrected chi connectivity index (χ0v) is 13.8. The summed E-state index contributed by atoms with van der Waals surface area (Å²) in [6.07, 6.45) is 0. The summed E-state index contributed by atoms with van der Waals surface area (Å²) in [5.41, 5.74) is 0.387. The Bertz CT molecular complexity index is 743. The summed E-state index contributed by atoms with van der Waals surface area (Å²) in [5.74, 6) is -1.65. The Morgan fingerprint density at radius 1 is 1.29 bits per heavy atom. The van der Waals surface area contributed by atoms with Gasteiger partial charge in [0.25, 0.3) is 5.91 Å². The smallest absolute Gasteiger partial charge is 0.337 e. The van der Waals surface area contributed by atoms with Crippen LogP contribution in [0, 0.1) is 0 Å². The number of anilines is 1. The lowest BCUT2D eigenvalue weighted by Crippen LogP contribution is -2.17. The number of nitrogens with one attached hydrogen (secondary N) is 1. The van der Waals surface area contributed by atoms with E-state index >= 15 is 0 Å². The van der Waals surface area contributed by atoms with E-state index in [2.05, 4.69) is 21.2 Å². The first-order valence-corrected chi connectivity index (χ1v) is 7.21. The molecule has 0 saturated carbocycles. The van der Waals surface area contributed by atoms with Crippen LogP contribution in [-0.4, -0.2) is 21.6 Å². The molecule has 0 spiro atoms. The summed E-state index contributed by atoms with van der Waals surface area (Å²) in [4.78, 5) is 23.4. The average Bonchev–Trinajstić information content (AvgIpc) is 2.68. The second kappa shape index (κ2) is 6.09. The number of amides is 1. The van der Waals surface area contributed by atoms with Crippen LogP contribution < -0.4 is 5.32 Å². The van der Waals surface area contributed by atoms with E-state index in [1.807, 2.05) is 0 Å². The van der Waals surface area contributed by atoms with Gasteiger partial charge >= 0.3 is 5.97 Å². The van der Waals surface area contributed by atoms with Crippen molar-refractivity contribution in [3.63, 3.8) is 0 Å². The van der Waals surface area contributed by atoms with Crippen molar-refractivity contribution in [2.75, 3.05) is 5.32 Å². The lowest BCUT2D eigenvalue weighted by Gasteiger charge is -2.09. The molecule has 0 unspecified atom stereocenters. The van der Waals surface area contributed by atoms with Crippen LogP contribution in [0.1, 0.15) is 20.8 Å². The highest BCUT2D eigenvalue weighted by Gasteiger charge is 2.18. The van der Waals surface area contributed by atoms with Gasteiger partial charge in [-0.3, -0.25) is 4.79 Å². The van der Waals surface area contributed by atoms with E-state index in [9.17, 15) is 9.59 Å². The van der Waals surface area contributed by atoms with Gasteiger partial charge in [0.15, 0.2) is 0 Å². The Balaban J connectivity index is 2.36. The fourth-order valence-electron chi connectivity index (χ4n) is 1.75. The molecule has 1 aromatic heterocycles. The molecule has 8 heteroatoms. The summed E-state index contributed by atoms with van der Waals surface area (Å²) < 4.78 is 2.02. The first kappa shape index (κ1) is 15.9. The predicted octanol–water partition coefficient (Wildman–Crippen LogP) is 4.04. The van der Waals surface area contributed by atoms with Gasteiger partial charge in [-0.1, -0.05) is 39.1 Å². The topological polar surface area (TPSA) is 71.3 Å². The first-order chi connectivity index (χ1) is 9.81. The zero-order valence-electron chi connectivity index (χ0n) is 10.7. The third-order valence-corrected chi connectivity index (χ3v) is 4.14. The highest BCUT2D eigenvalue weighted by Crippen LogP contribution is 2.26. The normalized spacial score (nSPS) is 10.5. The van der Waals surface area contributed by atoms with E-state index in [0.29, 0.717) is 4.47 Å². The molecule has 0 saturated heterocycles. The summed E-state index contributed by atoms with van der Waals surface area (Å²) in [5, 5.41) is 12.2. The second-order valence-corrected chi connectivity index (χ2v) is 5.86. The first-order valence-electron chi connectivity index (χ1n) is 5.66. The van der Waals surface area contributed by atoms with Crippen molar-refractivity contribution in [1.82, 2.24) is 4.57 Å². The maximum Gasteiger partial charge on any atom is 0.337 e. The van der Waals surface area contributed by atoms with E-state index in [4.69, 9.17) is 28.3 Å². The molecule has 1 heterocycles. The number of aromatic carboxylic acids is 1. The molecule has 2 rings (SSSR count). The third-order valence-electron chi connectivity index (χ3n) is 2.81. The Labute approximate surface area is 138 Å². The SMILES string of the molecule is Cn1c(C(=O)Nc2ccc(Br)cc2C(=O)O)cc(Cl)c1Cl. The summed E-state index contributed by atoms with van der Waals surface area (Å²) in [6, 6.07) is 5.95. The number of aromatic nitrogens is 1. The fourth-order valence-corrected chi connectivity index (χ4v) is 2.49. The van der Waals surface area contributed by atoms with Gasteiger partial charge in [-0.25, -0.2) is 4.79 Å². The second-order valence-electron chi connectivity index (χ2n) is 4.18. The van der Waals surface area contributed by atoms with Gasteiger partial charge in [-0.15, -0.1) is 0 Å². The van der Waals surface area contributed by atoms with E-state index in [-0.39, 0.29) is 27.1 Å². The minimum Gasteiger partial charge on any atom is -0.478 e. The monoisotopic (exact) mass is 390 g/mol. The molecule has 0 bridgehead atoms. The molecule has 2 aromatic rings. The quantitative estimate of drug-likeness (QED) is 0.829. The molecule has 1 amide bonds. The maximum atomic E-state index is 12.2. The molecule has 0 fully saturated rings. The van der Waals surface area contributed by atoms with Crippen molar-refractivity contribution in [2.45, 2.75) is 0 Å². The maximum absolute atomic E-state index is 12.2. The molecule has 21 heavy (non-hydrogen) atoms. The number of carbonyl (C=O) groups is 2. The number of benzene rings is 1. The molecule has 110 valence electrons. The van der Waals surface area contributed by atoms with Gasteiger partial charge in [0.1, 0.15) is 10.8 Å². The number of rotatable bonds is 3. The molecule has 0 aliphatic carbocycles. The van der Waals surface area contributed by atoms with Crippen molar-refractivity contribution in [3.8, 4) is 0 Å². The number of halogens is 3. The molecular weight excluding hydrogens is 383 g/mol. The molecule has 5 nitrogen and oxygen atoms in total. The Morgan fingerprint density at radius 3 is 2.48 bits per heavy atom. The fraction of sp³-hybridized carbons (Fsp3) is 0.0769. The minimum atomic E-state index is -1.14. The van der Waals surface area contributed by atoms with Crippen LogP contribution in [0.4, 0.5) is 5.69 Å². The van der Waals surface area contributed by atoms with Gasteiger partial charge in [-0.05, 0) is 24.3 Å². The van der Waals surface area contributed by atoms with Crippen molar-refractivity contribution < 1.29 is 14.7 Å². The minimum absolute atomic E-state index is 0.0240. The van der Waals surface area contributed by atoms with E-state index in [0.717, 1.165) is 0 Å². The standard InChI is InChI=1S/C13H9BrCl2N2O3/c1-18-10(5-8(15)11(18)16)12(19)17-9-3-2-6(14)4-7(9)13(20)21/h2-5H,1H3,(H,17,19)(H,20,21). The lowest BCUT2D eigenvalue weighted by atomic mass is 10.2. The number of hydrogen-bond acceptors (Lipinski definition) is 2. The molecular formula is C13H9BrCl2N2O3. The summed E-state index contributed by atoms with van der Waals surface area (Å²) in [6.45, 7) is 0. The van der Waals surface area contributed by atoms with Gasteiger partial charge < -0.3 is 15.0 Å². The van der Waals surface area contributed by atoms with Gasteiger partial charge in [0, 0.05) is 11.5 Å². The lowest BCUT2D eigenvalue weighted by molar-refractivity contribution is 0.0698. The molecule has 2 N–H and O–H groups in total. The van der Waals surface area contributed by atoms with Gasteiger partial charge in [0.05, 0.1) is 16.3 Å². The highest BCUT2D eigenvalue weighted by molar-refractivity contribution is 9.10. The van der Waals surface area contributed by atoms with Gasteiger partial charge in [0.2, 0.25) is 0 Å². The number of carboxylic acids is 1. The number of nitrogens with zero attached hydrogens (tertiary/aromatic N) is 1. The van der Waals surface area contributed by atoms with E-state index in [1.54, 1.807) is 13.1 Å². The van der Waals surface area contributed by atoms with Crippen LogP contribution in [0.25, 0.3) is 0 Å². The van der Waals surface area contributed by atoms with Crippen LogP contribution in [0.5, 0.6) is 0 Å². The number of carbonyl (C=O) groups excluding carboxylic acids is 1. The van der Waals surface area contributed by atoms with E-state index in [1.165, 1.54) is 22.8 Å². The Morgan fingerprint density at radius 2 is 1.95 bits per heavy atom. The number of hydrogen-bond donors (Lipinski definition) is 2. The van der Waals surface area contributed by atoms with Crippen LogP contribution in [0.15, 0.2) is 28.7 Å². The molecule has 0 aliphatic rings. The van der Waals surface area contributed by atoms with Crippen molar-refractivity contribution in [2.24, 2.45) is 7.05 Å². The van der Waals surface area contributed by atoms with Crippen molar-refractivity contribution in [3.05, 3.63) is 50.2 Å². The van der Waals surface area contributed by atoms with Gasteiger partial charge in [-0.2, -0.15) is 0 Å². The predicted molar refractivity (Wildman–Crippen MR) is 84.5 cm³/mol. The van der Waals surface area contributed by atoms with Crippen molar-refractivity contribution in [1.29, 1.82) is 0 Å². The number of carboxylic acid groups (broad SMARTS) is 1. The van der Waals surface area contributed by atoms with Crippen LogP contribution in [-0.2, 0) is 7.05 Å². The summed E-state index contributed by atoms with van der Waals surface area (Å²) in [7, 11) is 1.59. The van der Waals surface area contributed by atoms with Crippen LogP contribution in [0.3, 0.4) is 0 Å². The summed E-state index contributed by atoms with van der Waals surface area (Å²) >= 11 is 14.9. The largest absolute Gasteiger partial charge is 0.478 e. The molecule has 0 aliphatic heterocycles. The van der Waals surface area contributed by atoms with Crippen molar-refractivity contribution >= 4 is 56.7 Å². The molecule has 0 atom stereocenters. The Hall–Kier alpha value is -1.50. The van der Waals surface area contributed by atoms with E-state index < -0.39 is 11.9 Å². The third kappa shape index (κ3) is 3.23. The van der Waals surface area contributed by atoms with Crippen LogP contribution >= 0.6 is 39.1 Å².